The monoisotopic (exact) mass is 335 g/mol. The molecule has 0 radical (unpaired) electrons. The van der Waals surface area contributed by atoms with E-state index in [1.807, 2.05) is 37.3 Å². The van der Waals surface area contributed by atoms with Gasteiger partial charge in [0.2, 0.25) is 0 Å². The Kier molecular flexibility index (Phi) is 4.76. The molecule has 1 aromatic carbocycles. The summed E-state index contributed by atoms with van der Waals surface area (Å²) in [5, 5.41) is 6.75. The molecule has 0 saturated carbocycles. The molecule has 0 spiro atoms. The van der Waals surface area contributed by atoms with Crippen molar-refractivity contribution in [1.82, 2.24) is 15.4 Å². The minimum atomic E-state index is 0.480. The molecule has 7 heteroatoms. The van der Waals surface area contributed by atoms with Gasteiger partial charge in [0.15, 0.2) is 5.82 Å². The Morgan fingerprint density at radius 1 is 1.24 bits per heavy atom. The number of nitrogen functional groups attached to an aromatic ring is 1. The standard InChI is InChI=1S/C18H21N7/c1-12(24-21-2)16-8-6-15(19)18(23-16)25(20)11-13-5-7-17-14(10-13)4-3-9-22-17/h3-10,21H,11,19-20H2,1-2H3/b24-12+. The third-order valence-electron chi connectivity index (χ3n) is 3.85. The second-order valence-corrected chi connectivity index (χ2v) is 5.69. The highest BCUT2D eigenvalue weighted by atomic mass is 15.4. The van der Waals surface area contributed by atoms with E-state index in [1.165, 1.54) is 0 Å². The molecule has 0 unspecified atom stereocenters. The van der Waals surface area contributed by atoms with Crippen LogP contribution in [0.2, 0.25) is 0 Å². The molecular weight excluding hydrogens is 314 g/mol. The maximum absolute atomic E-state index is 6.23. The van der Waals surface area contributed by atoms with E-state index in [-0.39, 0.29) is 0 Å². The smallest absolute Gasteiger partial charge is 0.166 e. The van der Waals surface area contributed by atoms with Crippen LogP contribution in [0, 0.1) is 0 Å². The molecule has 3 rings (SSSR count). The summed E-state index contributed by atoms with van der Waals surface area (Å²) in [5.41, 5.74) is 12.8. The first kappa shape index (κ1) is 16.7. The minimum Gasteiger partial charge on any atom is -0.396 e. The van der Waals surface area contributed by atoms with Gasteiger partial charge in [-0.05, 0) is 42.8 Å². The Morgan fingerprint density at radius 2 is 2.08 bits per heavy atom. The van der Waals surface area contributed by atoms with Gasteiger partial charge in [0.1, 0.15) is 0 Å². The summed E-state index contributed by atoms with van der Waals surface area (Å²) in [6.07, 6.45) is 1.78. The molecular formula is C18H21N7. The molecule has 7 nitrogen and oxygen atoms in total. The number of pyridine rings is 2. The van der Waals surface area contributed by atoms with Crippen molar-refractivity contribution in [2.75, 3.05) is 17.8 Å². The Hall–Kier alpha value is -3.19. The van der Waals surface area contributed by atoms with E-state index in [2.05, 4.69) is 26.6 Å². The van der Waals surface area contributed by atoms with Crippen molar-refractivity contribution in [2.45, 2.75) is 13.5 Å². The van der Waals surface area contributed by atoms with Crippen molar-refractivity contribution in [3.63, 3.8) is 0 Å². The maximum atomic E-state index is 6.23. The summed E-state index contributed by atoms with van der Waals surface area (Å²) >= 11 is 0. The summed E-state index contributed by atoms with van der Waals surface area (Å²) < 4.78 is 0. The number of hydrogen-bond acceptors (Lipinski definition) is 7. The number of nitrogens with two attached hydrogens (primary N) is 2. The molecule has 0 fully saturated rings. The van der Waals surface area contributed by atoms with E-state index in [1.54, 1.807) is 24.3 Å². The first-order valence-electron chi connectivity index (χ1n) is 7.92. The Morgan fingerprint density at radius 3 is 2.88 bits per heavy atom. The predicted octanol–water partition coefficient (Wildman–Crippen LogP) is 2.04. The Balaban J connectivity index is 1.87. The van der Waals surface area contributed by atoms with Crippen LogP contribution in [0.15, 0.2) is 53.8 Å². The highest BCUT2D eigenvalue weighted by Crippen LogP contribution is 2.22. The third-order valence-corrected chi connectivity index (χ3v) is 3.85. The first-order valence-corrected chi connectivity index (χ1v) is 7.92. The molecule has 0 amide bonds. The zero-order valence-electron chi connectivity index (χ0n) is 14.3. The lowest BCUT2D eigenvalue weighted by Gasteiger charge is -2.20. The second-order valence-electron chi connectivity index (χ2n) is 5.69. The number of rotatable bonds is 5. The van der Waals surface area contributed by atoms with Crippen LogP contribution >= 0.6 is 0 Å². The average Bonchev–Trinajstić information content (AvgIpc) is 2.62. The van der Waals surface area contributed by atoms with Crippen LogP contribution in [0.5, 0.6) is 0 Å². The van der Waals surface area contributed by atoms with Crippen LogP contribution in [-0.2, 0) is 6.54 Å². The molecule has 2 aromatic heterocycles. The molecule has 0 aliphatic rings. The molecule has 0 bridgehead atoms. The summed E-state index contributed by atoms with van der Waals surface area (Å²) in [6.45, 7) is 2.35. The van der Waals surface area contributed by atoms with E-state index < -0.39 is 0 Å². The second kappa shape index (κ2) is 7.14. The van der Waals surface area contributed by atoms with Crippen LogP contribution in [0.25, 0.3) is 10.9 Å². The lowest BCUT2D eigenvalue weighted by atomic mass is 10.1. The van der Waals surface area contributed by atoms with Crippen LogP contribution in [0.3, 0.4) is 0 Å². The van der Waals surface area contributed by atoms with E-state index in [0.717, 1.165) is 27.9 Å². The van der Waals surface area contributed by atoms with Gasteiger partial charge >= 0.3 is 0 Å². The molecule has 0 aliphatic heterocycles. The predicted molar refractivity (Wildman–Crippen MR) is 102 cm³/mol. The molecule has 0 aliphatic carbocycles. The topological polar surface area (TPSA) is 105 Å². The van der Waals surface area contributed by atoms with Crippen molar-refractivity contribution < 1.29 is 0 Å². The van der Waals surface area contributed by atoms with Gasteiger partial charge < -0.3 is 11.2 Å². The van der Waals surface area contributed by atoms with Crippen molar-refractivity contribution in [3.8, 4) is 0 Å². The summed E-state index contributed by atoms with van der Waals surface area (Å²) in [6, 6.07) is 13.6. The van der Waals surface area contributed by atoms with Gasteiger partial charge in [-0.1, -0.05) is 12.1 Å². The zero-order valence-corrected chi connectivity index (χ0v) is 14.3. The quantitative estimate of drug-likeness (QED) is 0.374. The normalized spacial score (nSPS) is 11.6. The fourth-order valence-electron chi connectivity index (χ4n) is 2.61. The summed E-state index contributed by atoms with van der Waals surface area (Å²) in [4.78, 5) is 8.87. The SMILES string of the molecule is CN/N=C(\C)c1ccc(N)c(N(N)Cc2ccc3ncccc3c2)n1. The van der Waals surface area contributed by atoms with Gasteiger partial charge in [-0.3, -0.25) is 9.99 Å². The van der Waals surface area contributed by atoms with Crippen LogP contribution < -0.4 is 22.0 Å². The molecule has 25 heavy (non-hydrogen) atoms. The van der Waals surface area contributed by atoms with E-state index in [9.17, 15) is 0 Å². The van der Waals surface area contributed by atoms with Gasteiger partial charge in [0.25, 0.3) is 0 Å². The van der Waals surface area contributed by atoms with Crippen molar-refractivity contribution in [3.05, 3.63) is 59.9 Å². The number of anilines is 2. The number of fused-ring (bicyclic) bond motifs is 1. The van der Waals surface area contributed by atoms with E-state index in [0.29, 0.717) is 18.1 Å². The highest BCUT2D eigenvalue weighted by molar-refractivity contribution is 5.97. The van der Waals surface area contributed by atoms with Gasteiger partial charge in [-0.15, -0.1) is 0 Å². The number of nitrogens with zero attached hydrogens (tertiary/aromatic N) is 4. The number of benzene rings is 1. The first-order chi connectivity index (χ1) is 12.1. The lowest BCUT2D eigenvalue weighted by molar-refractivity contribution is 0.833. The van der Waals surface area contributed by atoms with Gasteiger partial charge in [-0.2, -0.15) is 5.10 Å². The number of nitrogens with one attached hydrogen (secondary N) is 1. The minimum absolute atomic E-state index is 0.480. The van der Waals surface area contributed by atoms with Gasteiger partial charge in [0.05, 0.1) is 29.2 Å². The van der Waals surface area contributed by atoms with Crippen molar-refractivity contribution in [1.29, 1.82) is 0 Å². The Labute approximate surface area is 146 Å². The molecule has 3 aromatic rings. The number of hydrazine groups is 1. The third kappa shape index (κ3) is 3.67. The Bertz CT molecular complexity index is 920. The fraction of sp³-hybridized carbons (Fsp3) is 0.167. The van der Waals surface area contributed by atoms with Gasteiger partial charge in [-0.25, -0.2) is 10.8 Å². The largest absolute Gasteiger partial charge is 0.396 e. The molecule has 2 heterocycles. The molecule has 128 valence electrons. The van der Waals surface area contributed by atoms with Crippen LogP contribution in [-0.4, -0.2) is 22.7 Å². The van der Waals surface area contributed by atoms with E-state index >= 15 is 0 Å². The fourth-order valence-corrected chi connectivity index (χ4v) is 2.61. The van der Waals surface area contributed by atoms with Crippen LogP contribution in [0.1, 0.15) is 18.2 Å². The van der Waals surface area contributed by atoms with Crippen LogP contribution in [0.4, 0.5) is 11.5 Å². The van der Waals surface area contributed by atoms with E-state index in [4.69, 9.17) is 11.6 Å². The summed E-state index contributed by atoms with van der Waals surface area (Å²) in [5.74, 6) is 6.76. The van der Waals surface area contributed by atoms with Crippen molar-refractivity contribution in [2.24, 2.45) is 10.9 Å². The molecule has 0 atom stereocenters. The highest BCUT2D eigenvalue weighted by Gasteiger charge is 2.11. The number of aromatic nitrogens is 2. The van der Waals surface area contributed by atoms with Gasteiger partial charge in [0, 0.05) is 18.6 Å². The average molecular weight is 335 g/mol. The van der Waals surface area contributed by atoms with Crippen molar-refractivity contribution >= 4 is 28.1 Å². The zero-order chi connectivity index (χ0) is 17.8. The summed E-state index contributed by atoms with van der Waals surface area (Å²) in [7, 11) is 1.74. The number of hydrogen-bond donors (Lipinski definition) is 3. The number of hydrazone groups is 1. The lowest BCUT2D eigenvalue weighted by Crippen LogP contribution is -2.32. The maximum Gasteiger partial charge on any atom is 0.166 e. The molecule has 5 N–H and O–H groups in total. The molecule has 0 saturated heterocycles.